The second kappa shape index (κ2) is 18.3. The van der Waals surface area contributed by atoms with E-state index in [0.29, 0.717) is 102 Å². The van der Waals surface area contributed by atoms with Gasteiger partial charge in [0.05, 0.1) is 66.1 Å². The van der Waals surface area contributed by atoms with Crippen LogP contribution in [0.2, 0.25) is 0 Å². The van der Waals surface area contributed by atoms with Crippen LogP contribution in [-0.2, 0) is 33.2 Å². The van der Waals surface area contributed by atoms with Gasteiger partial charge in [0, 0.05) is 31.6 Å². The summed E-state index contributed by atoms with van der Waals surface area (Å²) in [7, 11) is 3.25. The summed E-state index contributed by atoms with van der Waals surface area (Å²) in [6.45, 7) is 7.08. The number of ether oxygens (including phenoxy) is 8. The highest BCUT2D eigenvalue weighted by atomic mass is 32.2. The van der Waals surface area contributed by atoms with E-state index in [9.17, 15) is 9.90 Å². The molecule has 1 aromatic carbocycles. The maximum atomic E-state index is 11.6. The van der Waals surface area contributed by atoms with Crippen molar-refractivity contribution in [2.45, 2.75) is 12.5 Å². The normalized spacial score (nSPS) is 17.1. The lowest BCUT2D eigenvalue weighted by molar-refractivity contribution is -0.141. The van der Waals surface area contributed by atoms with Crippen LogP contribution < -0.4 is 9.47 Å². The Bertz CT molecular complexity index is 825. The molecule has 0 saturated carbocycles. The number of aliphatic carboxylic acids is 1. The van der Waals surface area contributed by atoms with E-state index in [2.05, 4.69) is 4.99 Å². The molecule has 0 aliphatic carbocycles. The number of benzene rings is 1. The highest BCUT2D eigenvalue weighted by Crippen LogP contribution is 2.36. The van der Waals surface area contributed by atoms with E-state index in [-0.39, 0.29) is 0 Å². The van der Waals surface area contributed by atoms with Crippen LogP contribution in [0.25, 0.3) is 0 Å². The molecule has 1 N–H and O–H groups in total. The van der Waals surface area contributed by atoms with Gasteiger partial charge in [0.2, 0.25) is 0 Å². The molecule has 37 heavy (non-hydrogen) atoms. The second-order valence-corrected chi connectivity index (χ2v) is 9.04. The van der Waals surface area contributed by atoms with Crippen molar-refractivity contribution in [3.05, 3.63) is 23.8 Å². The molecule has 1 atom stereocenters. The fourth-order valence-electron chi connectivity index (χ4n) is 2.99. The van der Waals surface area contributed by atoms with E-state index in [0.717, 1.165) is 5.56 Å². The zero-order chi connectivity index (χ0) is 26.8. The molecule has 1 aliphatic rings. The Kier molecular flexibility index (Phi) is 15.5. The SMILES string of the molecule is COCCOCCOCCOc1ccc(C2=N[C@@](C)(C(=O)O)CS2)c(OCCOCCOCCOC)c1. The zero-order valence-corrected chi connectivity index (χ0v) is 22.7. The predicted molar refractivity (Wildman–Crippen MR) is 139 cm³/mol. The first-order valence-electron chi connectivity index (χ1n) is 12.1. The summed E-state index contributed by atoms with van der Waals surface area (Å²) in [5, 5.41) is 10.1. The molecule has 0 radical (unpaired) electrons. The third kappa shape index (κ3) is 12.0. The van der Waals surface area contributed by atoms with Gasteiger partial charge in [0.15, 0.2) is 5.54 Å². The lowest BCUT2D eigenvalue weighted by Gasteiger charge is -2.14. The third-order valence-corrected chi connectivity index (χ3v) is 6.36. The fourth-order valence-corrected chi connectivity index (χ4v) is 4.19. The van der Waals surface area contributed by atoms with Crippen molar-refractivity contribution >= 4 is 22.8 Å². The molecule has 1 aromatic rings. The first-order chi connectivity index (χ1) is 18.0. The number of carboxylic acids is 1. The lowest BCUT2D eigenvalue weighted by Crippen LogP contribution is -2.33. The molecule has 0 bridgehead atoms. The number of rotatable bonds is 22. The van der Waals surface area contributed by atoms with Crippen LogP contribution in [0.1, 0.15) is 12.5 Å². The standard InChI is InChI=1S/C25H39NO10S/c1-25(24(27)28)19-37-23(26-25)21-5-4-20(35-16-14-33-12-10-31-8-6-29-2)18-22(21)36-17-15-34-13-11-32-9-7-30-3/h4-5,18H,6-17,19H2,1-3H3,(H,27,28)/t25-/m1/s1. The molecule has 1 aliphatic heterocycles. The van der Waals surface area contributed by atoms with E-state index in [1.807, 2.05) is 12.1 Å². The van der Waals surface area contributed by atoms with Crippen molar-refractivity contribution in [1.29, 1.82) is 0 Å². The summed E-state index contributed by atoms with van der Waals surface area (Å²) < 4.78 is 43.4. The van der Waals surface area contributed by atoms with Gasteiger partial charge >= 0.3 is 5.97 Å². The van der Waals surface area contributed by atoms with Gasteiger partial charge in [-0.25, -0.2) is 4.79 Å². The molecule has 11 nitrogen and oxygen atoms in total. The van der Waals surface area contributed by atoms with E-state index >= 15 is 0 Å². The van der Waals surface area contributed by atoms with E-state index in [4.69, 9.17) is 37.9 Å². The predicted octanol–water partition coefficient (Wildman–Crippen LogP) is 2.14. The number of hydrogen-bond donors (Lipinski definition) is 1. The maximum absolute atomic E-state index is 11.6. The van der Waals surface area contributed by atoms with E-state index < -0.39 is 11.5 Å². The average Bonchev–Trinajstić information content (AvgIpc) is 3.30. The van der Waals surface area contributed by atoms with E-state index in [1.165, 1.54) is 11.8 Å². The van der Waals surface area contributed by atoms with Crippen LogP contribution in [0.4, 0.5) is 0 Å². The molecule has 0 amide bonds. The number of methoxy groups -OCH3 is 2. The van der Waals surface area contributed by atoms with Crippen molar-refractivity contribution < 1.29 is 47.8 Å². The van der Waals surface area contributed by atoms with Gasteiger partial charge in [0.25, 0.3) is 0 Å². The summed E-state index contributed by atoms with van der Waals surface area (Å²) in [5.74, 6) is 0.554. The summed E-state index contributed by atoms with van der Waals surface area (Å²) in [6, 6.07) is 5.42. The van der Waals surface area contributed by atoms with E-state index in [1.54, 1.807) is 27.2 Å². The number of nitrogens with zero attached hydrogens (tertiary/aromatic N) is 1. The van der Waals surface area contributed by atoms with Gasteiger partial charge in [-0.1, -0.05) is 0 Å². The maximum Gasteiger partial charge on any atom is 0.332 e. The number of carboxylic acid groups (broad SMARTS) is 1. The van der Waals surface area contributed by atoms with Crippen molar-refractivity contribution in [3.63, 3.8) is 0 Å². The smallest absolute Gasteiger partial charge is 0.332 e. The fraction of sp³-hybridized carbons (Fsp3) is 0.680. The van der Waals surface area contributed by atoms with Crippen molar-refractivity contribution in [2.75, 3.05) is 99.3 Å². The number of hydrogen-bond acceptors (Lipinski definition) is 11. The van der Waals surface area contributed by atoms with Gasteiger partial charge in [0.1, 0.15) is 29.8 Å². The monoisotopic (exact) mass is 545 g/mol. The molecule has 0 spiro atoms. The van der Waals surface area contributed by atoms with Crippen LogP contribution in [0.5, 0.6) is 11.5 Å². The summed E-state index contributed by atoms with van der Waals surface area (Å²) in [6.07, 6.45) is 0. The average molecular weight is 546 g/mol. The Labute approximate surface area is 222 Å². The summed E-state index contributed by atoms with van der Waals surface area (Å²) in [4.78, 5) is 16.1. The van der Waals surface area contributed by atoms with Crippen molar-refractivity contribution in [2.24, 2.45) is 4.99 Å². The Morgan fingerprint density at radius 3 is 1.86 bits per heavy atom. The Hall–Kier alpha value is -1.93. The van der Waals surface area contributed by atoms with Gasteiger partial charge in [-0.05, 0) is 19.1 Å². The van der Waals surface area contributed by atoms with Gasteiger partial charge in [-0.2, -0.15) is 0 Å². The largest absolute Gasteiger partial charge is 0.491 e. The molecule has 0 fully saturated rings. The highest BCUT2D eigenvalue weighted by Gasteiger charge is 2.39. The summed E-state index contributed by atoms with van der Waals surface area (Å²) in [5.41, 5.74) is -0.446. The first-order valence-corrected chi connectivity index (χ1v) is 13.1. The minimum Gasteiger partial charge on any atom is -0.491 e. The quantitative estimate of drug-likeness (QED) is 0.216. The Morgan fingerprint density at radius 1 is 0.838 bits per heavy atom. The van der Waals surface area contributed by atoms with Gasteiger partial charge in [-0.15, -0.1) is 11.8 Å². The van der Waals surface area contributed by atoms with Crippen molar-refractivity contribution in [1.82, 2.24) is 0 Å². The molecule has 0 aromatic heterocycles. The van der Waals surface area contributed by atoms with Gasteiger partial charge < -0.3 is 43.0 Å². The van der Waals surface area contributed by atoms with Crippen molar-refractivity contribution in [3.8, 4) is 11.5 Å². The number of thioether (sulfide) groups is 1. The molecular formula is C25H39NO10S. The van der Waals surface area contributed by atoms with Crippen LogP contribution >= 0.6 is 11.8 Å². The molecule has 210 valence electrons. The van der Waals surface area contributed by atoms with Crippen LogP contribution in [0.15, 0.2) is 23.2 Å². The number of carbonyl (C=O) groups is 1. The van der Waals surface area contributed by atoms with Crippen LogP contribution in [-0.4, -0.2) is 121 Å². The topological polar surface area (TPSA) is 124 Å². The number of aliphatic imine (C=N–C) groups is 1. The Morgan fingerprint density at radius 2 is 1.35 bits per heavy atom. The molecule has 0 unspecified atom stereocenters. The minimum absolute atomic E-state index is 0.300. The van der Waals surface area contributed by atoms with Crippen LogP contribution in [0, 0.1) is 0 Å². The molecule has 1 heterocycles. The first kappa shape index (κ1) is 31.3. The molecular weight excluding hydrogens is 506 g/mol. The zero-order valence-electron chi connectivity index (χ0n) is 21.9. The Balaban J connectivity index is 1.87. The van der Waals surface area contributed by atoms with Crippen LogP contribution in [0.3, 0.4) is 0 Å². The highest BCUT2D eigenvalue weighted by molar-refractivity contribution is 8.14. The second-order valence-electron chi connectivity index (χ2n) is 8.07. The molecule has 2 rings (SSSR count). The molecule has 0 saturated heterocycles. The lowest BCUT2D eigenvalue weighted by atomic mass is 10.1. The molecule has 12 heteroatoms. The van der Waals surface area contributed by atoms with Gasteiger partial charge in [-0.3, -0.25) is 4.99 Å². The summed E-state index contributed by atoms with van der Waals surface area (Å²) >= 11 is 1.39. The third-order valence-electron chi connectivity index (χ3n) is 5.07. The minimum atomic E-state index is -1.16.